The molecule has 1 aromatic carbocycles. The third kappa shape index (κ3) is 4.32. The molecule has 0 bridgehead atoms. The van der Waals surface area contributed by atoms with Gasteiger partial charge in [-0.1, -0.05) is 23.7 Å². The molecule has 1 aliphatic heterocycles. The molecule has 31 heavy (non-hydrogen) atoms. The minimum Gasteiger partial charge on any atom is -0.350 e. The highest BCUT2D eigenvalue weighted by Gasteiger charge is 2.25. The van der Waals surface area contributed by atoms with Crippen molar-refractivity contribution in [1.82, 2.24) is 24.6 Å². The molecule has 3 heterocycles. The number of amides is 1. The number of carbonyl (C=O) groups excluding carboxylic acids is 1. The van der Waals surface area contributed by atoms with Crippen LogP contribution in [0.1, 0.15) is 36.4 Å². The minimum atomic E-state index is -0.615. The van der Waals surface area contributed by atoms with E-state index >= 15 is 0 Å². The summed E-state index contributed by atoms with van der Waals surface area (Å²) in [6.45, 7) is 1.78. The largest absolute Gasteiger partial charge is 0.350 e. The molecule has 1 amide bonds. The van der Waals surface area contributed by atoms with Gasteiger partial charge in [0, 0.05) is 25.7 Å². The Morgan fingerprint density at radius 3 is 2.68 bits per heavy atom. The molecule has 0 saturated carbocycles. The van der Waals surface area contributed by atoms with Crippen molar-refractivity contribution in [3.63, 3.8) is 0 Å². The topological polar surface area (TPSA) is 112 Å². The number of nitrogens with zero attached hydrogens (tertiary/aromatic N) is 4. The van der Waals surface area contributed by atoms with Crippen molar-refractivity contribution < 1.29 is 13.7 Å². The van der Waals surface area contributed by atoms with Gasteiger partial charge in [-0.05, 0) is 37.0 Å². The number of halogens is 1. The number of hydrogen-bond donors (Lipinski definition) is 1. The molecule has 9 nitrogen and oxygen atoms in total. The van der Waals surface area contributed by atoms with Crippen LogP contribution in [0.5, 0.6) is 0 Å². The van der Waals surface area contributed by atoms with E-state index in [1.54, 1.807) is 23.6 Å². The Morgan fingerprint density at radius 2 is 1.97 bits per heavy atom. The third-order valence-electron chi connectivity index (χ3n) is 5.29. The summed E-state index contributed by atoms with van der Waals surface area (Å²) in [4.78, 5) is 43.0. The van der Waals surface area contributed by atoms with E-state index in [0.717, 1.165) is 23.8 Å². The van der Waals surface area contributed by atoms with E-state index in [-0.39, 0.29) is 23.7 Å². The smallest absolute Gasteiger partial charge is 0.331 e. The SMILES string of the molecule is Cc1nc(-c2c3n(c(=O)n(CC(=O)NCc4ccc(F)cc4)c2=O)CCCCC3)no1. The van der Waals surface area contributed by atoms with Gasteiger partial charge in [-0.25, -0.2) is 9.18 Å². The molecule has 0 saturated heterocycles. The lowest BCUT2D eigenvalue weighted by Crippen LogP contribution is -2.45. The van der Waals surface area contributed by atoms with Crippen molar-refractivity contribution in [2.75, 3.05) is 0 Å². The Bertz CT molecular complexity index is 1230. The van der Waals surface area contributed by atoms with E-state index < -0.39 is 23.7 Å². The van der Waals surface area contributed by atoms with Gasteiger partial charge in [-0.15, -0.1) is 0 Å². The Balaban J connectivity index is 1.68. The van der Waals surface area contributed by atoms with E-state index in [9.17, 15) is 18.8 Å². The van der Waals surface area contributed by atoms with Gasteiger partial charge in [0.15, 0.2) is 0 Å². The van der Waals surface area contributed by atoms with E-state index in [4.69, 9.17) is 4.52 Å². The second-order valence-electron chi connectivity index (χ2n) is 7.50. The first kappa shape index (κ1) is 20.7. The molecule has 0 spiro atoms. The number of benzene rings is 1. The van der Waals surface area contributed by atoms with Crippen LogP contribution in [0.3, 0.4) is 0 Å². The van der Waals surface area contributed by atoms with Crippen LogP contribution in [-0.4, -0.2) is 25.2 Å². The molecule has 0 unspecified atom stereocenters. The van der Waals surface area contributed by atoms with Gasteiger partial charge in [0.2, 0.25) is 17.6 Å². The maximum Gasteiger partial charge on any atom is 0.331 e. The standard InChI is InChI=1S/C21H22FN5O4/c1-13-24-19(25-31-13)18-16-5-3-2-4-10-26(16)21(30)27(20(18)29)12-17(28)23-11-14-6-8-15(22)9-7-14/h6-9H,2-5,10-12H2,1H3,(H,23,28). The fourth-order valence-corrected chi connectivity index (χ4v) is 3.74. The molecule has 1 aliphatic rings. The fourth-order valence-electron chi connectivity index (χ4n) is 3.74. The van der Waals surface area contributed by atoms with Crippen LogP contribution >= 0.6 is 0 Å². The number of aromatic nitrogens is 4. The van der Waals surface area contributed by atoms with Crippen LogP contribution in [0.2, 0.25) is 0 Å². The van der Waals surface area contributed by atoms with Crippen molar-refractivity contribution in [3.05, 3.63) is 68.1 Å². The van der Waals surface area contributed by atoms with Crippen molar-refractivity contribution >= 4 is 5.91 Å². The monoisotopic (exact) mass is 427 g/mol. The van der Waals surface area contributed by atoms with Crippen LogP contribution in [-0.2, 0) is 30.8 Å². The maximum absolute atomic E-state index is 13.2. The average molecular weight is 427 g/mol. The van der Waals surface area contributed by atoms with Crippen LogP contribution in [0.25, 0.3) is 11.4 Å². The summed E-state index contributed by atoms with van der Waals surface area (Å²) < 4.78 is 20.5. The highest BCUT2D eigenvalue weighted by Crippen LogP contribution is 2.21. The van der Waals surface area contributed by atoms with Gasteiger partial charge in [0.25, 0.3) is 5.56 Å². The van der Waals surface area contributed by atoms with Gasteiger partial charge in [-0.2, -0.15) is 4.98 Å². The van der Waals surface area contributed by atoms with Crippen molar-refractivity contribution in [2.45, 2.75) is 52.2 Å². The number of carbonyl (C=O) groups is 1. The first-order valence-corrected chi connectivity index (χ1v) is 10.1. The molecule has 0 fully saturated rings. The predicted molar refractivity (Wildman–Crippen MR) is 109 cm³/mol. The Morgan fingerprint density at radius 1 is 1.19 bits per heavy atom. The van der Waals surface area contributed by atoms with Crippen LogP contribution in [0.15, 0.2) is 38.4 Å². The van der Waals surface area contributed by atoms with Crippen LogP contribution in [0, 0.1) is 12.7 Å². The lowest BCUT2D eigenvalue weighted by molar-refractivity contribution is -0.121. The van der Waals surface area contributed by atoms with Crippen molar-refractivity contribution in [2.24, 2.45) is 0 Å². The predicted octanol–water partition coefficient (Wildman–Crippen LogP) is 1.55. The normalized spacial score (nSPS) is 13.5. The van der Waals surface area contributed by atoms with Gasteiger partial charge < -0.3 is 9.84 Å². The maximum atomic E-state index is 13.2. The zero-order valence-electron chi connectivity index (χ0n) is 17.1. The second kappa shape index (κ2) is 8.66. The van der Waals surface area contributed by atoms with E-state index in [1.807, 2.05) is 0 Å². The lowest BCUT2D eigenvalue weighted by Gasteiger charge is -2.16. The number of nitrogens with one attached hydrogen (secondary N) is 1. The van der Waals surface area contributed by atoms with Gasteiger partial charge >= 0.3 is 5.69 Å². The molecule has 3 aromatic rings. The summed E-state index contributed by atoms with van der Waals surface area (Å²) in [5.41, 5.74) is 0.336. The molecule has 0 radical (unpaired) electrons. The zero-order chi connectivity index (χ0) is 22.0. The summed E-state index contributed by atoms with van der Waals surface area (Å²) in [5, 5.41) is 6.53. The quantitative estimate of drug-likeness (QED) is 0.661. The molecule has 162 valence electrons. The van der Waals surface area contributed by atoms with E-state index in [1.165, 1.54) is 12.1 Å². The fraction of sp³-hybridized carbons (Fsp3) is 0.381. The van der Waals surface area contributed by atoms with Crippen molar-refractivity contribution in [1.29, 1.82) is 0 Å². The van der Waals surface area contributed by atoms with Crippen molar-refractivity contribution in [3.8, 4) is 11.4 Å². The molecule has 2 aromatic heterocycles. The minimum absolute atomic E-state index is 0.119. The highest BCUT2D eigenvalue weighted by molar-refractivity contribution is 5.75. The molecule has 1 N–H and O–H groups in total. The Kier molecular flexibility index (Phi) is 5.79. The lowest BCUT2D eigenvalue weighted by atomic mass is 10.1. The summed E-state index contributed by atoms with van der Waals surface area (Å²) >= 11 is 0. The highest BCUT2D eigenvalue weighted by atomic mass is 19.1. The second-order valence-corrected chi connectivity index (χ2v) is 7.50. The molecular weight excluding hydrogens is 405 g/mol. The molecular formula is C21H22FN5O4. The Hall–Kier alpha value is -3.56. The molecule has 10 heteroatoms. The first-order valence-electron chi connectivity index (χ1n) is 10.1. The Labute approximate surface area is 176 Å². The zero-order valence-corrected chi connectivity index (χ0v) is 17.1. The average Bonchev–Trinajstić information content (AvgIpc) is 3.02. The summed E-state index contributed by atoms with van der Waals surface area (Å²) in [6.07, 6.45) is 3.11. The van der Waals surface area contributed by atoms with Gasteiger partial charge in [-0.3, -0.25) is 18.7 Å². The van der Waals surface area contributed by atoms with Gasteiger partial charge in [0.05, 0.1) is 0 Å². The molecule has 4 rings (SSSR count). The summed E-state index contributed by atoms with van der Waals surface area (Å²) in [5.74, 6) is -0.456. The van der Waals surface area contributed by atoms with Crippen LogP contribution in [0.4, 0.5) is 4.39 Å². The molecule has 0 atom stereocenters. The van der Waals surface area contributed by atoms with Gasteiger partial charge in [0.1, 0.15) is 17.9 Å². The third-order valence-corrected chi connectivity index (χ3v) is 5.29. The number of hydrogen-bond acceptors (Lipinski definition) is 6. The van der Waals surface area contributed by atoms with E-state index in [2.05, 4.69) is 15.5 Å². The number of aryl methyl sites for hydroxylation is 1. The van der Waals surface area contributed by atoms with E-state index in [0.29, 0.717) is 30.1 Å². The van der Waals surface area contributed by atoms with Crippen LogP contribution < -0.4 is 16.6 Å². The number of rotatable bonds is 5. The first-order chi connectivity index (χ1) is 14.9. The number of fused-ring (bicyclic) bond motifs is 1. The summed E-state index contributed by atoms with van der Waals surface area (Å²) in [6, 6.07) is 5.69. The summed E-state index contributed by atoms with van der Waals surface area (Å²) in [7, 11) is 0. The molecule has 0 aliphatic carbocycles.